The van der Waals surface area contributed by atoms with Crippen LogP contribution in [0.3, 0.4) is 0 Å². The minimum Gasteiger partial charge on any atom is -0.481 e. The van der Waals surface area contributed by atoms with E-state index in [1.165, 1.54) is 0 Å². The number of aliphatic hydroxyl groups excluding tert-OH is 1. The molecule has 34 heavy (non-hydrogen) atoms. The van der Waals surface area contributed by atoms with Crippen molar-refractivity contribution in [1.82, 2.24) is 0 Å². The maximum atomic E-state index is 12.2. The summed E-state index contributed by atoms with van der Waals surface area (Å²) in [5.74, 6) is -0.499. The van der Waals surface area contributed by atoms with Crippen LogP contribution in [0, 0.1) is 0 Å². The standard InChI is InChI=1S/C29H40O4.CH4/c1-28(23-30,24-15-7-3-8-16-24)21-13-5-11-19-26(31)20-12-6-14-22-29(2,27(32)33)25-17-9-4-10-18-25;/h3-4,7-10,15-18,30H,5-6,11-14,19-23H2,1-2H3,(H,32,33);1H4. The smallest absolute Gasteiger partial charge is 0.313 e. The summed E-state index contributed by atoms with van der Waals surface area (Å²) < 4.78 is 0. The highest BCUT2D eigenvalue weighted by Crippen LogP contribution is 2.31. The van der Waals surface area contributed by atoms with Crippen molar-refractivity contribution in [3.05, 3.63) is 71.8 Å². The zero-order valence-corrected chi connectivity index (χ0v) is 20.3. The van der Waals surface area contributed by atoms with E-state index < -0.39 is 11.4 Å². The summed E-state index contributed by atoms with van der Waals surface area (Å²) >= 11 is 0. The molecule has 0 aliphatic carbocycles. The lowest BCUT2D eigenvalue weighted by Crippen LogP contribution is -2.32. The molecule has 2 atom stereocenters. The van der Waals surface area contributed by atoms with Crippen LogP contribution in [-0.2, 0) is 20.4 Å². The second-order valence-corrected chi connectivity index (χ2v) is 9.75. The molecule has 2 aromatic carbocycles. The van der Waals surface area contributed by atoms with Gasteiger partial charge in [0.1, 0.15) is 5.78 Å². The van der Waals surface area contributed by atoms with Gasteiger partial charge in [-0.15, -0.1) is 0 Å². The molecule has 0 amide bonds. The maximum absolute atomic E-state index is 12.2. The third kappa shape index (κ3) is 8.72. The van der Waals surface area contributed by atoms with Crippen molar-refractivity contribution in [3.8, 4) is 0 Å². The van der Waals surface area contributed by atoms with Gasteiger partial charge in [0, 0.05) is 18.3 Å². The molecule has 2 rings (SSSR count). The number of Topliss-reactive ketones (excluding diaryl/α,β-unsaturated/α-hetero) is 1. The Morgan fingerprint density at radius 2 is 1.18 bits per heavy atom. The van der Waals surface area contributed by atoms with E-state index in [-0.39, 0.29) is 19.4 Å². The van der Waals surface area contributed by atoms with Gasteiger partial charge in [-0.2, -0.15) is 0 Å². The van der Waals surface area contributed by atoms with E-state index in [4.69, 9.17) is 0 Å². The van der Waals surface area contributed by atoms with Crippen molar-refractivity contribution in [3.63, 3.8) is 0 Å². The summed E-state index contributed by atoms with van der Waals surface area (Å²) in [4.78, 5) is 24.1. The lowest BCUT2D eigenvalue weighted by molar-refractivity contribution is -0.143. The first-order valence-corrected chi connectivity index (χ1v) is 12.3. The van der Waals surface area contributed by atoms with Gasteiger partial charge in [-0.1, -0.05) is 101 Å². The van der Waals surface area contributed by atoms with Crippen molar-refractivity contribution in [2.24, 2.45) is 0 Å². The van der Waals surface area contributed by atoms with Crippen molar-refractivity contribution < 1.29 is 19.8 Å². The minimum absolute atomic E-state index is 0. The Balaban J connectivity index is 0.00000578. The Hall–Kier alpha value is -2.46. The second kappa shape index (κ2) is 14.7. The van der Waals surface area contributed by atoms with Gasteiger partial charge in [0.05, 0.1) is 12.0 Å². The molecule has 2 N–H and O–H groups in total. The number of hydrogen-bond acceptors (Lipinski definition) is 3. The number of ketones is 1. The topological polar surface area (TPSA) is 74.6 Å². The highest BCUT2D eigenvalue weighted by Gasteiger charge is 2.34. The first-order valence-electron chi connectivity index (χ1n) is 12.3. The Bertz CT molecular complexity index is 849. The number of aliphatic carboxylic acids is 1. The van der Waals surface area contributed by atoms with Gasteiger partial charge in [0.15, 0.2) is 0 Å². The molecule has 0 radical (unpaired) electrons. The molecule has 0 heterocycles. The summed E-state index contributed by atoms with van der Waals surface area (Å²) in [7, 11) is 0. The van der Waals surface area contributed by atoms with Gasteiger partial charge in [-0.05, 0) is 43.7 Å². The second-order valence-electron chi connectivity index (χ2n) is 9.75. The van der Waals surface area contributed by atoms with E-state index in [2.05, 4.69) is 19.1 Å². The van der Waals surface area contributed by atoms with Gasteiger partial charge < -0.3 is 10.2 Å². The average molecular weight is 469 g/mol. The fourth-order valence-electron chi connectivity index (χ4n) is 4.45. The molecule has 0 aromatic heterocycles. The van der Waals surface area contributed by atoms with Crippen LogP contribution in [0.1, 0.15) is 96.6 Å². The van der Waals surface area contributed by atoms with Gasteiger partial charge in [-0.3, -0.25) is 9.59 Å². The highest BCUT2D eigenvalue weighted by atomic mass is 16.4. The van der Waals surface area contributed by atoms with Crippen LogP contribution in [0.2, 0.25) is 0 Å². The Labute approximate surface area is 206 Å². The summed E-state index contributed by atoms with van der Waals surface area (Å²) in [6, 6.07) is 19.5. The average Bonchev–Trinajstić information content (AvgIpc) is 2.84. The number of carbonyl (C=O) groups is 2. The molecule has 0 saturated heterocycles. The van der Waals surface area contributed by atoms with Crippen LogP contribution in [0.5, 0.6) is 0 Å². The number of benzene rings is 2. The van der Waals surface area contributed by atoms with Crippen molar-refractivity contribution >= 4 is 11.8 Å². The van der Waals surface area contributed by atoms with E-state index >= 15 is 0 Å². The van der Waals surface area contributed by atoms with Crippen LogP contribution in [0.4, 0.5) is 0 Å². The molecule has 4 nitrogen and oxygen atoms in total. The quantitative estimate of drug-likeness (QED) is 0.258. The van der Waals surface area contributed by atoms with Gasteiger partial charge in [0.25, 0.3) is 0 Å². The molecule has 2 unspecified atom stereocenters. The molecule has 0 saturated carbocycles. The third-order valence-electron chi connectivity index (χ3n) is 7.02. The highest BCUT2D eigenvalue weighted by molar-refractivity contribution is 5.80. The molecule has 2 aromatic rings. The summed E-state index contributed by atoms with van der Waals surface area (Å²) in [6.45, 7) is 4.01. The molecule has 188 valence electrons. The monoisotopic (exact) mass is 468 g/mol. The van der Waals surface area contributed by atoms with E-state index in [0.29, 0.717) is 25.0 Å². The first-order chi connectivity index (χ1) is 15.8. The van der Waals surface area contributed by atoms with Crippen LogP contribution >= 0.6 is 0 Å². The molecule has 0 aliphatic heterocycles. The Kier molecular flexibility index (Phi) is 12.8. The van der Waals surface area contributed by atoms with Crippen molar-refractivity contribution in [2.75, 3.05) is 6.61 Å². The van der Waals surface area contributed by atoms with Gasteiger partial charge >= 0.3 is 5.97 Å². The van der Waals surface area contributed by atoms with E-state index in [0.717, 1.165) is 56.1 Å². The Morgan fingerprint density at radius 1 is 0.706 bits per heavy atom. The lowest BCUT2D eigenvalue weighted by Gasteiger charge is -2.28. The molecule has 0 aliphatic rings. The van der Waals surface area contributed by atoms with E-state index in [1.54, 1.807) is 6.92 Å². The van der Waals surface area contributed by atoms with Gasteiger partial charge in [0.2, 0.25) is 0 Å². The maximum Gasteiger partial charge on any atom is 0.313 e. The van der Waals surface area contributed by atoms with Crippen LogP contribution in [0.15, 0.2) is 60.7 Å². The zero-order chi connectivity index (χ0) is 24.2. The number of carbonyl (C=O) groups excluding carboxylic acids is 1. The SMILES string of the molecule is C.CC(CO)(CCCCCC(=O)CCCCCC(C)(C(=O)O)c1ccccc1)c1ccccc1. The molecule has 0 fully saturated rings. The molecular formula is C30H44O4. The van der Waals surface area contributed by atoms with E-state index in [1.807, 2.05) is 48.5 Å². The number of carboxylic acid groups (broad SMARTS) is 1. The van der Waals surface area contributed by atoms with Crippen LogP contribution < -0.4 is 0 Å². The predicted octanol–water partition coefficient (Wildman–Crippen LogP) is 7.09. The number of aliphatic hydroxyl groups is 1. The molecule has 0 bridgehead atoms. The van der Waals surface area contributed by atoms with Crippen molar-refractivity contribution in [1.29, 1.82) is 0 Å². The molecular weight excluding hydrogens is 424 g/mol. The Morgan fingerprint density at radius 3 is 1.65 bits per heavy atom. The number of carboxylic acids is 1. The summed E-state index contributed by atoms with van der Waals surface area (Å²) in [5.41, 5.74) is 0.886. The molecule has 0 spiro atoms. The predicted molar refractivity (Wildman–Crippen MR) is 140 cm³/mol. The fourth-order valence-corrected chi connectivity index (χ4v) is 4.45. The van der Waals surface area contributed by atoms with E-state index in [9.17, 15) is 19.8 Å². The largest absolute Gasteiger partial charge is 0.481 e. The fraction of sp³-hybridized carbons (Fsp3) is 0.533. The first kappa shape index (κ1) is 29.6. The number of rotatable bonds is 16. The minimum atomic E-state index is -0.881. The zero-order valence-electron chi connectivity index (χ0n) is 20.3. The van der Waals surface area contributed by atoms with Crippen LogP contribution in [0.25, 0.3) is 0 Å². The number of hydrogen-bond donors (Lipinski definition) is 2. The van der Waals surface area contributed by atoms with Crippen LogP contribution in [-0.4, -0.2) is 28.6 Å². The normalized spacial score (nSPS) is 14.4. The number of unbranched alkanes of at least 4 members (excludes halogenated alkanes) is 4. The van der Waals surface area contributed by atoms with Gasteiger partial charge in [-0.25, -0.2) is 0 Å². The molecule has 4 heteroatoms. The third-order valence-corrected chi connectivity index (χ3v) is 7.02. The summed E-state index contributed by atoms with van der Waals surface area (Å²) in [6.07, 6.45) is 8.02. The summed E-state index contributed by atoms with van der Waals surface area (Å²) in [5, 5.41) is 19.6. The lowest BCUT2D eigenvalue weighted by atomic mass is 9.78. The van der Waals surface area contributed by atoms with Crippen molar-refractivity contribution in [2.45, 2.75) is 96.3 Å².